The zero-order valence-corrected chi connectivity index (χ0v) is 11.2. The highest BCUT2D eigenvalue weighted by atomic mass is 79.9. The van der Waals surface area contributed by atoms with Crippen molar-refractivity contribution in [1.29, 1.82) is 0 Å². The van der Waals surface area contributed by atoms with Crippen molar-refractivity contribution in [1.82, 2.24) is 5.32 Å². The highest BCUT2D eigenvalue weighted by molar-refractivity contribution is 9.10. The summed E-state index contributed by atoms with van der Waals surface area (Å²) in [6.45, 7) is 4.81. The van der Waals surface area contributed by atoms with E-state index in [0.717, 1.165) is 46.8 Å². The van der Waals surface area contributed by atoms with Gasteiger partial charge in [0.2, 0.25) is 6.79 Å². The van der Waals surface area contributed by atoms with Gasteiger partial charge >= 0.3 is 0 Å². The van der Waals surface area contributed by atoms with Gasteiger partial charge in [-0.25, -0.2) is 0 Å². The molecule has 4 nitrogen and oxygen atoms in total. The smallest absolute Gasteiger partial charge is 0.231 e. The molecule has 1 atom stereocenters. The summed E-state index contributed by atoms with van der Waals surface area (Å²) in [5.74, 6) is 1.63. The number of halogens is 1. The second-order valence-corrected chi connectivity index (χ2v) is 5.05. The molecule has 2 heterocycles. The average Bonchev–Trinajstić information content (AvgIpc) is 2.79. The van der Waals surface area contributed by atoms with Crippen molar-refractivity contribution in [3.05, 3.63) is 21.7 Å². The molecule has 0 aliphatic carbocycles. The molecule has 17 heavy (non-hydrogen) atoms. The second-order valence-electron chi connectivity index (χ2n) is 4.19. The van der Waals surface area contributed by atoms with Crippen LogP contribution in [-0.2, 0) is 4.74 Å². The summed E-state index contributed by atoms with van der Waals surface area (Å²) in [6.07, 6.45) is 0.0386. The van der Waals surface area contributed by atoms with Crippen LogP contribution >= 0.6 is 15.9 Å². The molecule has 0 bridgehead atoms. The summed E-state index contributed by atoms with van der Waals surface area (Å²) in [6, 6.07) is 1.96. The summed E-state index contributed by atoms with van der Waals surface area (Å²) in [7, 11) is 0. The quantitative estimate of drug-likeness (QED) is 0.862. The van der Waals surface area contributed by atoms with Crippen LogP contribution in [-0.4, -0.2) is 26.5 Å². The first kappa shape index (κ1) is 11.3. The van der Waals surface area contributed by atoms with Crippen LogP contribution in [0.1, 0.15) is 17.2 Å². The zero-order valence-electron chi connectivity index (χ0n) is 9.59. The molecule has 1 N–H and O–H groups in total. The molecule has 1 aromatic rings. The minimum absolute atomic E-state index is 0.0386. The summed E-state index contributed by atoms with van der Waals surface area (Å²) >= 11 is 3.55. The van der Waals surface area contributed by atoms with E-state index < -0.39 is 0 Å². The van der Waals surface area contributed by atoms with Gasteiger partial charge in [-0.3, -0.25) is 0 Å². The number of morpholine rings is 1. The molecule has 92 valence electrons. The molecule has 1 saturated heterocycles. The number of benzene rings is 1. The van der Waals surface area contributed by atoms with Gasteiger partial charge in [-0.05, 0) is 18.6 Å². The maximum absolute atomic E-state index is 5.81. The molecule has 0 saturated carbocycles. The van der Waals surface area contributed by atoms with E-state index in [1.54, 1.807) is 0 Å². The lowest BCUT2D eigenvalue weighted by Gasteiger charge is -2.26. The maximum atomic E-state index is 5.81. The van der Waals surface area contributed by atoms with Crippen LogP contribution in [0.25, 0.3) is 0 Å². The number of rotatable bonds is 1. The third-order valence-electron chi connectivity index (χ3n) is 3.16. The molecule has 1 aromatic carbocycles. The van der Waals surface area contributed by atoms with Crippen LogP contribution in [0, 0.1) is 6.92 Å². The fourth-order valence-corrected chi connectivity index (χ4v) is 2.69. The summed E-state index contributed by atoms with van der Waals surface area (Å²) in [5.41, 5.74) is 2.25. The monoisotopic (exact) mass is 299 g/mol. The Morgan fingerprint density at radius 3 is 3.06 bits per heavy atom. The molecule has 5 heteroatoms. The molecule has 3 rings (SSSR count). The van der Waals surface area contributed by atoms with Gasteiger partial charge < -0.3 is 19.5 Å². The van der Waals surface area contributed by atoms with E-state index in [4.69, 9.17) is 14.2 Å². The molecular formula is C12H14BrNO3. The van der Waals surface area contributed by atoms with Crippen molar-refractivity contribution in [3.8, 4) is 11.5 Å². The lowest BCUT2D eigenvalue weighted by Crippen LogP contribution is -2.33. The first-order chi connectivity index (χ1) is 8.27. The van der Waals surface area contributed by atoms with E-state index in [2.05, 4.69) is 28.2 Å². The van der Waals surface area contributed by atoms with Crippen LogP contribution in [0.4, 0.5) is 0 Å². The number of hydrogen-bond donors (Lipinski definition) is 1. The molecule has 0 aromatic heterocycles. The number of hydrogen-bond acceptors (Lipinski definition) is 4. The van der Waals surface area contributed by atoms with E-state index in [0.29, 0.717) is 6.79 Å². The van der Waals surface area contributed by atoms with Crippen molar-refractivity contribution in [3.63, 3.8) is 0 Å². The van der Waals surface area contributed by atoms with E-state index >= 15 is 0 Å². The van der Waals surface area contributed by atoms with Gasteiger partial charge in [-0.2, -0.15) is 0 Å². The highest BCUT2D eigenvalue weighted by Crippen LogP contribution is 2.44. The SMILES string of the molecule is Cc1c(Br)cc2c(c1C1CNCCO1)OCO2. The van der Waals surface area contributed by atoms with Gasteiger partial charge in [-0.1, -0.05) is 15.9 Å². The Morgan fingerprint density at radius 1 is 1.41 bits per heavy atom. The predicted octanol–water partition coefficient (Wildman–Crippen LogP) is 2.15. The number of fused-ring (bicyclic) bond motifs is 1. The molecule has 0 radical (unpaired) electrons. The topological polar surface area (TPSA) is 39.7 Å². The van der Waals surface area contributed by atoms with Crippen LogP contribution in [0.15, 0.2) is 10.5 Å². The summed E-state index contributed by atoms with van der Waals surface area (Å²) < 4.78 is 17.8. The fraction of sp³-hybridized carbons (Fsp3) is 0.500. The molecular weight excluding hydrogens is 286 g/mol. The average molecular weight is 300 g/mol. The van der Waals surface area contributed by atoms with Gasteiger partial charge in [0, 0.05) is 23.1 Å². The summed E-state index contributed by atoms with van der Waals surface area (Å²) in [5, 5.41) is 3.33. The Hall–Kier alpha value is -0.780. The molecule has 0 amide bonds. The van der Waals surface area contributed by atoms with E-state index in [-0.39, 0.29) is 6.10 Å². The molecule has 2 aliphatic rings. The van der Waals surface area contributed by atoms with Gasteiger partial charge in [0.1, 0.15) is 0 Å². The molecule has 2 aliphatic heterocycles. The highest BCUT2D eigenvalue weighted by Gasteiger charge is 2.28. The lowest BCUT2D eigenvalue weighted by molar-refractivity contribution is 0.0255. The van der Waals surface area contributed by atoms with Crippen LogP contribution in [0.3, 0.4) is 0 Å². The van der Waals surface area contributed by atoms with E-state index in [1.807, 2.05) is 6.07 Å². The first-order valence-corrected chi connectivity index (χ1v) is 6.47. The Morgan fingerprint density at radius 2 is 2.29 bits per heavy atom. The van der Waals surface area contributed by atoms with E-state index in [9.17, 15) is 0 Å². The Kier molecular flexibility index (Phi) is 2.98. The number of nitrogens with one attached hydrogen (secondary N) is 1. The third kappa shape index (κ3) is 1.92. The van der Waals surface area contributed by atoms with Crippen LogP contribution < -0.4 is 14.8 Å². The van der Waals surface area contributed by atoms with Crippen molar-refractivity contribution in [2.24, 2.45) is 0 Å². The minimum Gasteiger partial charge on any atom is -0.454 e. The van der Waals surface area contributed by atoms with Gasteiger partial charge in [0.25, 0.3) is 0 Å². The maximum Gasteiger partial charge on any atom is 0.231 e. The number of ether oxygens (including phenoxy) is 3. The van der Waals surface area contributed by atoms with Gasteiger partial charge in [0.15, 0.2) is 11.5 Å². The zero-order chi connectivity index (χ0) is 11.8. The Bertz CT molecular complexity index is 444. The second kappa shape index (κ2) is 4.48. The van der Waals surface area contributed by atoms with Crippen molar-refractivity contribution in [2.75, 3.05) is 26.5 Å². The van der Waals surface area contributed by atoms with Crippen LogP contribution in [0.5, 0.6) is 11.5 Å². The van der Waals surface area contributed by atoms with Gasteiger partial charge in [-0.15, -0.1) is 0 Å². The van der Waals surface area contributed by atoms with Crippen molar-refractivity contribution >= 4 is 15.9 Å². The molecule has 0 spiro atoms. The fourth-order valence-electron chi connectivity index (χ4n) is 2.27. The predicted molar refractivity (Wildman–Crippen MR) is 66.6 cm³/mol. The van der Waals surface area contributed by atoms with Crippen LogP contribution in [0.2, 0.25) is 0 Å². The normalized spacial score (nSPS) is 22.8. The Balaban J connectivity index is 2.07. The van der Waals surface area contributed by atoms with Gasteiger partial charge in [0.05, 0.1) is 12.7 Å². The first-order valence-electron chi connectivity index (χ1n) is 5.68. The standard InChI is InChI=1S/C12H14BrNO3/c1-7-8(13)4-9-12(17-6-16-9)11(7)10-5-14-2-3-15-10/h4,10,14H,2-3,5-6H2,1H3. The van der Waals surface area contributed by atoms with Crippen molar-refractivity contribution < 1.29 is 14.2 Å². The largest absolute Gasteiger partial charge is 0.454 e. The lowest BCUT2D eigenvalue weighted by atomic mass is 10.0. The van der Waals surface area contributed by atoms with Crippen molar-refractivity contribution in [2.45, 2.75) is 13.0 Å². The molecule has 1 unspecified atom stereocenters. The Labute approximate surface area is 108 Å². The minimum atomic E-state index is 0.0386. The third-order valence-corrected chi connectivity index (χ3v) is 3.98. The van der Waals surface area contributed by atoms with E-state index in [1.165, 1.54) is 0 Å². The summed E-state index contributed by atoms with van der Waals surface area (Å²) in [4.78, 5) is 0. The molecule has 1 fully saturated rings.